The van der Waals surface area contributed by atoms with Crippen LogP contribution < -0.4 is 11.3 Å². The molecule has 0 spiro atoms. The number of benzene rings is 1. The van der Waals surface area contributed by atoms with Crippen molar-refractivity contribution < 1.29 is 8.78 Å². The number of nitrogens with one attached hydrogen (secondary N) is 1. The number of hydrazine groups is 1. The van der Waals surface area contributed by atoms with E-state index in [1.165, 1.54) is 6.07 Å². The maximum atomic E-state index is 14.0. The number of rotatable bonds is 5. The zero-order valence-electron chi connectivity index (χ0n) is 11.5. The van der Waals surface area contributed by atoms with Crippen molar-refractivity contribution in [3.63, 3.8) is 0 Å². The Morgan fingerprint density at radius 3 is 2.75 bits per heavy atom. The van der Waals surface area contributed by atoms with E-state index in [4.69, 9.17) is 5.84 Å². The van der Waals surface area contributed by atoms with Gasteiger partial charge in [-0.15, -0.1) is 0 Å². The van der Waals surface area contributed by atoms with E-state index in [1.54, 1.807) is 13.1 Å². The first-order valence-corrected chi connectivity index (χ1v) is 6.51. The number of nitrogens with zero attached hydrogens (tertiary/aromatic N) is 2. The molecule has 4 nitrogen and oxygen atoms in total. The van der Waals surface area contributed by atoms with Crippen molar-refractivity contribution in [3.05, 3.63) is 53.1 Å². The molecule has 1 heterocycles. The summed E-state index contributed by atoms with van der Waals surface area (Å²) in [5, 5.41) is 0. The van der Waals surface area contributed by atoms with Crippen LogP contribution in [0, 0.1) is 18.6 Å². The quantitative estimate of drug-likeness (QED) is 0.653. The van der Waals surface area contributed by atoms with Crippen molar-refractivity contribution in [3.8, 4) is 0 Å². The molecule has 0 aliphatic carbocycles. The van der Waals surface area contributed by atoms with Gasteiger partial charge < -0.3 is 4.57 Å². The molecule has 0 bridgehead atoms. The maximum Gasteiger partial charge on any atom is 0.131 e. The summed E-state index contributed by atoms with van der Waals surface area (Å²) in [6.07, 6.45) is 4.38. The third-order valence-corrected chi connectivity index (χ3v) is 3.23. The minimum Gasteiger partial charge on any atom is -0.333 e. The fraction of sp³-hybridized carbons (Fsp3) is 0.357. The molecule has 20 heavy (non-hydrogen) atoms. The molecular weight excluding hydrogens is 262 g/mol. The smallest absolute Gasteiger partial charge is 0.131 e. The van der Waals surface area contributed by atoms with E-state index in [1.807, 2.05) is 17.7 Å². The molecule has 1 aromatic carbocycles. The molecule has 0 amide bonds. The van der Waals surface area contributed by atoms with Gasteiger partial charge in [0.25, 0.3) is 0 Å². The van der Waals surface area contributed by atoms with E-state index in [-0.39, 0.29) is 5.56 Å². The number of imidazole rings is 1. The second kappa shape index (κ2) is 6.11. The second-order valence-electron chi connectivity index (χ2n) is 4.70. The number of aromatic nitrogens is 2. The van der Waals surface area contributed by atoms with Gasteiger partial charge in [-0.1, -0.05) is 6.92 Å². The molecule has 2 rings (SSSR count). The first kappa shape index (κ1) is 14.6. The summed E-state index contributed by atoms with van der Waals surface area (Å²) in [5.74, 6) is 4.96. The predicted molar refractivity (Wildman–Crippen MR) is 72.8 cm³/mol. The molecule has 1 aromatic heterocycles. The summed E-state index contributed by atoms with van der Waals surface area (Å²) in [5.41, 5.74) is 3.22. The van der Waals surface area contributed by atoms with Crippen LogP contribution in [0.25, 0.3) is 0 Å². The van der Waals surface area contributed by atoms with E-state index in [0.717, 1.165) is 19.0 Å². The molecule has 1 unspecified atom stereocenters. The van der Waals surface area contributed by atoms with E-state index in [9.17, 15) is 8.78 Å². The largest absolute Gasteiger partial charge is 0.333 e. The van der Waals surface area contributed by atoms with E-state index in [0.29, 0.717) is 11.4 Å². The summed E-state index contributed by atoms with van der Waals surface area (Å²) >= 11 is 0. The van der Waals surface area contributed by atoms with Crippen LogP contribution in [-0.2, 0) is 6.54 Å². The molecule has 1 atom stereocenters. The Morgan fingerprint density at radius 1 is 1.35 bits per heavy atom. The highest BCUT2D eigenvalue weighted by Crippen LogP contribution is 2.25. The average Bonchev–Trinajstić information content (AvgIpc) is 2.85. The van der Waals surface area contributed by atoms with Crippen molar-refractivity contribution in [2.45, 2.75) is 32.9 Å². The molecule has 0 saturated heterocycles. The SMILES string of the molecule is CCCn1ccnc1C(NN)c1cc(C)c(F)cc1F. The van der Waals surface area contributed by atoms with Crippen LogP contribution in [-0.4, -0.2) is 9.55 Å². The monoisotopic (exact) mass is 280 g/mol. The highest BCUT2D eigenvalue weighted by Gasteiger charge is 2.22. The Bertz CT molecular complexity index is 595. The van der Waals surface area contributed by atoms with Gasteiger partial charge in [-0.3, -0.25) is 5.84 Å². The van der Waals surface area contributed by atoms with Crippen LogP contribution in [0.2, 0.25) is 0 Å². The summed E-state index contributed by atoms with van der Waals surface area (Å²) < 4.78 is 29.3. The summed E-state index contributed by atoms with van der Waals surface area (Å²) in [6, 6.07) is 1.72. The average molecular weight is 280 g/mol. The van der Waals surface area contributed by atoms with Crippen LogP contribution in [0.1, 0.15) is 36.3 Å². The molecule has 6 heteroatoms. The van der Waals surface area contributed by atoms with Gasteiger partial charge in [0.05, 0.1) is 0 Å². The lowest BCUT2D eigenvalue weighted by Crippen LogP contribution is -2.32. The van der Waals surface area contributed by atoms with Gasteiger partial charge in [-0.2, -0.15) is 0 Å². The summed E-state index contributed by atoms with van der Waals surface area (Å²) in [6.45, 7) is 4.39. The zero-order valence-corrected chi connectivity index (χ0v) is 11.5. The van der Waals surface area contributed by atoms with E-state index >= 15 is 0 Å². The van der Waals surface area contributed by atoms with Crippen molar-refractivity contribution in [2.24, 2.45) is 5.84 Å². The summed E-state index contributed by atoms with van der Waals surface area (Å²) in [4.78, 5) is 4.24. The first-order valence-electron chi connectivity index (χ1n) is 6.51. The lowest BCUT2D eigenvalue weighted by Gasteiger charge is -2.19. The van der Waals surface area contributed by atoms with Crippen LogP contribution in [0.4, 0.5) is 8.78 Å². The minimum absolute atomic E-state index is 0.287. The van der Waals surface area contributed by atoms with Crippen LogP contribution in [0.5, 0.6) is 0 Å². The molecule has 0 radical (unpaired) electrons. The van der Waals surface area contributed by atoms with Crippen molar-refractivity contribution in [2.75, 3.05) is 0 Å². The lowest BCUT2D eigenvalue weighted by atomic mass is 10.0. The first-order chi connectivity index (χ1) is 9.58. The molecular formula is C14H18F2N4. The van der Waals surface area contributed by atoms with Gasteiger partial charge in [0.15, 0.2) is 0 Å². The highest BCUT2D eigenvalue weighted by atomic mass is 19.1. The van der Waals surface area contributed by atoms with Crippen molar-refractivity contribution >= 4 is 0 Å². The van der Waals surface area contributed by atoms with Crippen LogP contribution in [0.15, 0.2) is 24.5 Å². The molecule has 0 aliphatic heterocycles. The lowest BCUT2D eigenvalue weighted by molar-refractivity contribution is 0.506. The Labute approximate surface area is 116 Å². The van der Waals surface area contributed by atoms with Gasteiger partial charge in [0, 0.05) is 30.6 Å². The number of hydrogen-bond donors (Lipinski definition) is 2. The maximum absolute atomic E-state index is 14.0. The molecule has 3 N–H and O–H groups in total. The van der Waals surface area contributed by atoms with Gasteiger partial charge in [0.1, 0.15) is 23.5 Å². The second-order valence-corrected chi connectivity index (χ2v) is 4.70. The number of nitrogens with two attached hydrogens (primary N) is 1. The number of hydrogen-bond acceptors (Lipinski definition) is 3. The number of aryl methyl sites for hydroxylation is 2. The molecule has 0 aliphatic rings. The van der Waals surface area contributed by atoms with Gasteiger partial charge in [-0.25, -0.2) is 19.2 Å². The van der Waals surface area contributed by atoms with Gasteiger partial charge in [0.2, 0.25) is 0 Å². The predicted octanol–water partition coefficient (Wildman–Crippen LogP) is 2.43. The summed E-state index contributed by atoms with van der Waals surface area (Å²) in [7, 11) is 0. The fourth-order valence-electron chi connectivity index (χ4n) is 2.22. The zero-order chi connectivity index (χ0) is 14.7. The highest BCUT2D eigenvalue weighted by molar-refractivity contribution is 5.31. The van der Waals surface area contributed by atoms with Crippen LogP contribution in [0.3, 0.4) is 0 Å². The van der Waals surface area contributed by atoms with Crippen LogP contribution >= 0.6 is 0 Å². The Morgan fingerprint density at radius 2 is 2.10 bits per heavy atom. The van der Waals surface area contributed by atoms with Crippen molar-refractivity contribution in [1.82, 2.24) is 15.0 Å². The third-order valence-electron chi connectivity index (χ3n) is 3.23. The Balaban J connectivity index is 2.47. The molecule has 0 saturated carbocycles. The van der Waals surface area contributed by atoms with Crippen molar-refractivity contribution in [1.29, 1.82) is 0 Å². The van der Waals surface area contributed by atoms with E-state index in [2.05, 4.69) is 10.4 Å². The van der Waals surface area contributed by atoms with E-state index < -0.39 is 17.7 Å². The topological polar surface area (TPSA) is 55.9 Å². The Kier molecular flexibility index (Phi) is 4.46. The standard InChI is InChI=1S/C14H18F2N4/c1-3-5-20-6-4-18-14(20)13(19-17)10-7-9(2)11(15)8-12(10)16/h4,6-8,13,19H,3,5,17H2,1-2H3. The van der Waals surface area contributed by atoms with Gasteiger partial charge >= 0.3 is 0 Å². The fourth-order valence-corrected chi connectivity index (χ4v) is 2.22. The minimum atomic E-state index is -0.637. The van der Waals surface area contributed by atoms with Gasteiger partial charge in [-0.05, 0) is 25.0 Å². The number of halogens is 2. The normalized spacial score (nSPS) is 12.7. The molecule has 2 aromatic rings. The molecule has 0 fully saturated rings. The Hall–Kier alpha value is -1.79. The third kappa shape index (κ3) is 2.71. The molecule has 108 valence electrons.